The molecule has 6 nitrogen and oxygen atoms in total. The van der Waals surface area contributed by atoms with E-state index in [1.54, 1.807) is 20.8 Å². The smallest absolute Gasteiger partial charge is 0.408 e. The zero-order chi connectivity index (χ0) is 15.8. The highest BCUT2D eigenvalue weighted by molar-refractivity contribution is 6.01. The molecular weight excluding hydrogens is 270 g/mol. The van der Waals surface area contributed by atoms with Gasteiger partial charge < -0.3 is 15.3 Å². The van der Waals surface area contributed by atoms with Gasteiger partial charge in [-0.2, -0.15) is 0 Å². The van der Waals surface area contributed by atoms with Crippen LogP contribution in [0.1, 0.15) is 20.8 Å². The molecule has 0 aromatic heterocycles. The molecule has 0 radical (unpaired) electrons. The Labute approximate surface area is 124 Å². The highest BCUT2D eigenvalue weighted by Gasteiger charge is 2.39. The maximum absolute atomic E-state index is 12.5. The molecule has 1 aliphatic rings. The first-order chi connectivity index (χ1) is 9.71. The Bertz CT molecular complexity index is 566. The van der Waals surface area contributed by atoms with Crippen molar-refractivity contribution >= 4 is 23.4 Å². The first-order valence-electron chi connectivity index (χ1n) is 6.85. The Hall–Kier alpha value is -2.24. The average Bonchev–Trinajstić information content (AvgIpc) is 2.46. The minimum absolute atomic E-state index is 0.302. The number of nitrogens with zero attached hydrogens (tertiary/aromatic N) is 2. The second kappa shape index (κ2) is 5.27. The summed E-state index contributed by atoms with van der Waals surface area (Å²) in [7, 11) is 1.86. The van der Waals surface area contributed by atoms with E-state index in [2.05, 4.69) is 5.32 Å². The molecule has 21 heavy (non-hydrogen) atoms. The van der Waals surface area contributed by atoms with Crippen LogP contribution in [0.25, 0.3) is 0 Å². The molecule has 1 aliphatic heterocycles. The van der Waals surface area contributed by atoms with E-state index in [1.165, 1.54) is 4.90 Å². The van der Waals surface area contributed by atoms with E-state index in [0.717, 1.165) is 5.69 Å². The number of carbonyl (C=O) groups is 2. The third kappa shape index (κ3) is 2.94. The minimum atomic E-state index is -1.10. The van der Waals surface area contributed by atoms with Gasteiger partial charge in [0.2, 0.25) is 5.91 Å². The summed E-state index contributed by atoms with van der Waals surface area (Å²) in [5.41, 5.74) is 0.921. The molecule has 2 N–H and O–H groups in total. The van der Waals surface area contributed by atoms with Crippen molar-refractivity contribution in [2.24, 2.45) is 0 Å². The van der Waals surface area contributed by atoms with Crippen LogP contribution in [0, 0.1) is 0 Å². The van der Waals surface area contributed by atoms with E-state index in [0.29, 0.717) is 12.2 Å². The largest absolute Gasteiger partial charge is 0.465 e. The lowest BCUT2D eigenvalue weighted by Crippen LogP contribution is -2.58. The van der Waals surface area contributed by atoms with Gasteiger partial charge in [-0.1, -0.05) is 12.1 Å². The molecule has 1 aromatic carbocycles. The number of benzene rings is 1. The molecule has 1 atom stereocenters. The van der Waals surface area contributed by atoms with Gasteiger partial charge in [0.05, 0.1) is 11.4 Å². The summed E-state index contributed by atoms with van der Waals surface area (Å²) in [6.07, 6.45) is -1.10. The van der Waals surface area contributed by atoms with Gasteiger partial charge >= 0.3 is 6.09 Å². The minimum Gasteiger partial charge on any atom is -0.465 e. The number of likely N-dealkylation sites (N-methyl/N-ethyl adjacent to an activating group) is 1. The summed E-state index contributed by atoms with van der Waals surface area (Å²) in [6, 6.07) is 6.68. The number of anilines is 2. The Kier molecular flexibility index (Phi) is 3.80. The third-order valence-corrected chi connectivity index (χ3v) is 3.56. The molecule has 0 fully saturated rings. The van der Waals surface area contributed by atoms with E-state index in [-0.39, 0.29) is 5.91 Å². The first-order valence-corrected chi connectivity index (χ1v) is 6.85. The van der Waals surface area contributed by atoms with Crippen molar-refractivity contribution in [3.63, 3.8) is 0 Å². The van der Waals surface area contributed by atoms with Gasteiger partial charge in [-0.3, -0.25) is 9.69 Å². The molecule has 0 unspecified atom stereocenters. The lowest BCUT2D eigenvalue weighted by atomic mass is 10.0. The van der Waals surface area contributed by atoms with Crippen molar-refractivity contribution in [2.45, 2.75) is 32.4 Å². The highest BCUT2D eigenvalue weighted by Crippen LogP contribution is 2.30. The standard InChI is InChI=1S/C15H21N3O3/c1-15(2,3)18(14(20)21)12-9-17(4)11-8-6-5-7-10(11)16-13(12)19/h5-8,12H,9H2,1-4H3,(H,16,19)(H,20,21)/t12-/m0/s1. The summed E-state index contributed by atoms with van der Waals surface area (Å²) in [5, 5.41) is 12.3. The Morgan fingerprint density at radius 3 is 2.57 bits per heavy atom. The summed E-state index contributed by atoms with van der Waals surface area (Å²) in [4.78, 5) is 27.2. The number of nitrogens with one attached hydrogen (secondary N) is 1. The van der Waals surface area contributed by atoms with Crippen LogP contribution >= 0.6 is 0 Å². The summed E-state index contributed by atoms with van der Waals surface area (Å²) in [6.45, 7) is 5.66. The number of amides is 2. The zero-order valence-electron chi connectivity index (χ0n) is 12.8. The van der Waals surface area contributed by atoms with E-state index in [4.69, 9.17) is 0 Å². The van der Waals surface area contributed by atoms with Crippen LogP contribution in [0.15, 0.2) is 24.3 Å². The molecule has 114 valence electrons. The van der Waals surface area contributed by atoms with Crippen molar-refractivity contribution < 1.29 is 14.7 Å². The van der Waals surface area contributed by atoms with Gasteiger partial charge in [0.25, 0.3) is 0 Å². The number of carboxylic acid groups (broad SMARTS) is 1. The van der Waals surface area contributed by atoms with Crippen molar-refractivity contribution in [2.75, 3.05) is 23.8 Å². The molecule has 0 bridgehead atoms. The number of rotatable bonds is 1. The van der Waals surface area contributed by atoms with E-state index < -0.39 is 17.7 Å². The molecule has 2 rings (SSSR count). The fourth-order valence-corrected chi connectivity index (χ4v) is 2.66. The van der Waals surface area contributed by atoms with Crippen molar-refractivity contribution in [1.29, 1.82) is 0 Å². The lowest BCUT2D eigenvalue weighted by molar-refractivity contribution is -0.122. The predicted molar refractivity (Wildman–Crippen MR) is 81.7 cm³/mol. The molecule has 0 saturated carbocycles. The van der Waals surface area contributed by atoms with E-state index in [9.17, 15) is 14.7 Å². The van der Waals surface area contributed by atoms with Crippen LogP contribution in [0.3, 0.4) is 0 Å². The Balaban J connectivity index is 2.40. The fourth-order valence-electron chi connectivity index (χ4n) is 2.66. The molecule has 2 amide bonds. The average molecular weight is 291 g/mol. The summed E-state index contributed by atoms with van der Waals surface area (Å²) in [5.74, 6) is -0.302. The first kappa shape index (κ1) is 15.2. The molecule has 0 saturated heterocycles. The van der Waals surface area contributed by atoms with Gasteiger partial charge in [-0.25, -0.2) is 4.79 Å². The van der Waals surface area contributed by atoms with E-state index in [1.807, 2.05) is 36.2 Å². The quantitative estimate of drug-likeness (QED) is 0.832. The number of carbonyl (C=O) groups excluding carboxylic acids is 1. The molecule has 1 aromatic rings. The van der Waals surface area contributed by atoms with Gasteiger partial charge in [0.1, 0.15) is 6.04 Å². The number of hydrogen-bond acceptors (Lipinski definition) is 3. The van der Waals surface area contributed by atoms with Crippen LogP contribution in [0.4, 0.5) is 16.2 Å². The maximum Gasteiger partial charge on any atom is 0.408 e. The SMILES string of the molecule is CN1C[C@H](N(C(=O)O)C(C)(C)C)C(=O)Nc2ccccc21. The summed E-state index contributed by atoms with van der Waals surface area (Å²) >= 11 is 0. The lowest BCUT2D eigenvalue weighted by Gasteiger charge is -2.39. The van der Waals surface area contributed by atoms with Crippen LogP contribution in [-0.4, -0.2) is 47.2 Å². The van der Waals surface area contributed by atoms with Crippen molar-refractivity contribution in [3.05, 3.63) is 24.3 Å². The Morgan fingerprint density at radius 1 is 1.38 bits per heavy atom. The molecule has 0 spiro atoms. The predicted octanol–water partition coefficient (Wildman–Crippen LogP) is 2.22. The van der Waals surface area contributed by atoms with Crippen LogP contribution in [-0.2, 0) is 4.79 Å². The third-order valence-electron chi connectivity index (χ3n) is 3.56. The molecule has 0 aliphatic carbocycles. The molecule has 1 heterocycles. The number of para-hydroxylation sites is 2. The monoisotopic (exact) mass is 291 g/mol. The highest BCUT2D eigenvalue weighted by atomic mass is 16.4. The zero-order valence-corrected chi connectivity index (χ0v) is 12.8. The second-order valence-corrected chi connectivity index (χ2v) is 6.23. The van der Waals surface area contributed by atoms with Gasteiger partial charge in [-0.05, 0) is 32.9 Å². The van der Waals surface area contributed by atoms with Crippen molar-refractivity contribution in [3.8, 4) is 0 Å². The van der Waals surface area contributed by atoms with Gasteiger partial charge in [0, 0.05) is 19.1 Å². The van der Waals surface area contributed by atoms with Crippen molar-refractivity contribution in [1.82, 2.24) is 4.90 Å². The normalized spacial score (nSPS) is 18.6. The Morgan fingerprint density at radius 2 is 2.00 bits per heavy atom. The van der Waals surface area contributed by atoms with Crippen LogP contribution in [0.5, 0.6) is 0 Å². The van der Waals surface area contributed by atoms with Crippen LogP contribution < -0.4 is 10.2 Å². The molecule has 6 heteroatoms. The van der Waals surface area contributed by atoms with Crippen LogP contribution in [0.2, 0.25) is 0 Å². The molecular formula is C15H21N3O3. The second-order valence-electron chi connectivity index (χ2n) is 6.23. The number of hydrogen-bond donors (Lipinski definition) is 2. The van der Waals surface area contributed by atoms with Gasteiger partial charge in [-0.15, -0.1) is 0 Å². The summed E-state index contributed by atoms with van der Waals surface area (Å²) < 4.78 is 0. The number of fused-ring (bicyclic) bond motifs is 1. The maximum atomic E-state index is 12.5. The fraction of sp³-hybridized carbons (Fsp3) is 0.467. The van der Waals surface area contributed by atoms with E-state index >= 15 is 0 Å². The van der Waals surface area contributed by atoms with Gasteiger partial charge in [0.15, 0.2) is 0 Å². The topological polar surface area (TPSA) is 72.9 Å².